The molecule has 0 aliphatic heterocycles. The summed E-state index contributed by atoms with van der Waals surface area (Å²) >= 11 is 0. The molecular weight excluding hydrogens is 484 g/mol. The van der Waals surface area contributed by atoms with Crippen LogP contribution in [0.1, 0.15) is 45.8 Å². The molecule has 1 aromatic heterocycles. The Kier molecular flexibility index (Phi) is 3.74. The number of benzene rings is 6. The molecule has 0 fully saturated rings. The number of hydrogen-bond acceptors (Lipinski definition) is 1. The minimum absolute atomic E-state index is 0.317. The highest BCUT2D eigenvalue weighted by molar-refractivity contribution is 6.18. The Morgan fingerprint density at radius 2 is 1.30 bits per heavy atom. The van der Waals surface area contributed by atoms with E-state index in [0.717, 1.165) is 61.6 Å². The van der Waals surface area contributed by atoms with Crippen LogP contribution in [0.5, 0.6) is 0 Å². The Morgan fingerprint density at radius 1 is 0.675 bits per heavy atom. The van der Waals surface area contributed by atoms with E-state index >= 15 is 0 Å². The lowest BCUT2D eigenvalue weighted by Crippen LogP contribution is -2.14. The normalized spacial score (nSPS) is 16.5. The predicted molar refractivity (Wildman–Crippen MR) is 168 cm³/mol. The summed E-state index contributed by atoms with van der Waals surface area (Å²) in [5.74, 6) is 0.958. The van der Waals surface area contributed by atoms with E-state index in [0.29, 0.717) is 22.3 Å². The molecule has 1 aliphatic rings. The van der Waals surface area contributed by atoms with Gasteiger partial charge in [0.2, 0.25) is 0 Å². The van der Waals surface area contributed by atoms with E-state index in [1.807, 2.05) is 72.8 Å². The summed E-state index contributed by atoms with van der Waals surface area (Å²) in [7, 11) is 0. The molecule has 0 N–H and O–H groups in total. The average molecular weight is 521 g/mol. The number of fused-ring (bicyclic) bond motifs is 6. The highest BCUT2D eigenvalue weighted by atomic mass is 15.1. The van der Waals surface area contributed by atoms with Crippen LogP contribution in [-0.4, -0.2) is 9.55 Å². The molecule has 40 heavy (non-hydrogen) atoms. The first-order chi connectivity index (χ1) is 22.1. The van der Waals surface area contributed by atoms with Crippen LogP contribution in [0.25, 0.3) is 60.5 Å². The number of para-hydroxylation sites is 2. The molecule has 2 heteroatoms. The molecule has 1 heterocycles. The Balaban J connectivity index is 1.50. The van der Waals surface area contributed by atoms with Gasteiger partial charge in [0.15, 0.2) is 0 Å². The van der Waals surface area contributed by atoms with Crippen LogP contribution < -0.4 is 0 Å². The van der Waals surface area contributed by atoms with E-state index in [1.54, 1.807) is 12.1 Å². The minimum atomic E-state index is -2.83. The first-order valence-electron chi connectivity index (χ1n) is 16.7. The SMILES string of the molecule is [2H]C([2H])([2H])C1(C([2H])([2H])[2H])c2ccccc2-c2ccc(-c3c4ccccc4c(-n4c(CC)nc5ccccc54)c4ccccc34)cc21. The number of hydrogen-bond donors (Lipinski definition) is 0. The van der Waals surface area contributed by atoms with Gasteiger partial charge in [0.25, 0.3) is 0 Å². The van der Waals surface area contributed by atoms with Crippen LogP contribution in [0.2, 0.25) is 0 Å². The zero-order valence-corrected chi connectivity index (χ0v) is 22.1. The molecule has 0 bridgehead atoms. The predicted octanol–water partition coefficient (Wildman–Crippen LogP) is 9.87. The van der Waals surface area contributed by atoms with Gasteiger partial charge >= 0.3 is 0 Å². The second-order valence-corrected chi connectivity index (χ2v) is 10.6. The highest BCUT2D eigenvalue weighted by Crippen LogP contribution is 2.51. The van der Waals surface area contributed by atoms with Gasteiger partial charge in [-0.15, -0.1) is 0 Å². The standard InChI is InChI=1S/C38H30N2/c1-4-35-39-33-19-11-12-20-34(33)40(35)37-29-16-7-5-14-27(29)36(28-15-6-8-17-30(28)37)24-21-22-26-25-13-9-10-18-31(25)38(2,3)32(26)23-24/h5-23H,4H2,1-3H3/i2D3,3D3. The second kappa shape index (κ2) is 8.40. The van der Waals surface area contributed by atoms with Gasteiger partial charge in [-0.2, -0.15) is 0 Å². The van der Waals surface area contributed by atoms with Gasteiger partial charge in [-0.3, -0.25) is 4.57 Å². The van der Waals surface area contributed by atoms with Crippen molar-refractivity contribution in [2.75, 3.05) is 0 Å². The summed E-state index contributed by atoms with van der Waals surface area (Å²) in [6.45, 7) is -3.54. The van der Waals surface area contributed by atoms with Crippen molar-refractivity contribution in [2.45, 2.75) is 32.5 Å². The van der Waals surface area contributed by atoms with Gasteiger partial charge in [-0.25, -0.2) is 4.98 Å². The summed E-state index contributed by atoms with van der Waals surface area (Å²) in [5, 5.41) is 4.02. The molecule has 0 saturated heterocycles. The van der Waals surface area contributed by atoms with Crippen LogP contribution in [-0.2, 0) is 11.8 Å². The van der Waals surface area contributed by atoms with Gasteiger partial charge in [-0.1, -0.05) is 118 Å². The molecule has 0 radical (unpaired) electrons. The Hall–Kier alpha value is -4.69. The fourth-order valence-corrected chi connectivity index (χ4v) is 6.65. The van der Waals surface area contributed by atoms with Crippen molar-refractivity contribution in [3.05, 3.63) is 132 Å². The van der Waals surface area contributed by atoms with Crippen molar-refractivity contribution in [3.8, 4) is 27.9 Å². The van der Waals surface area contributed by atoms with Crippen molar-refractivity contribution in [3.63, 3.8) is 0 Å². The third-order valence-corrected chi connectivity index (χ3v) is 8.41. The minimum Gasteiger partial charge on any atom is -0.295 e. The molecule has 6 aromatic carbocycles. The molecule has 0 unspecified atom stereocenters. The molecule has 0 saturated carbocycles. The topological polar surface area (TPSA) is 17.8 Å². The molecule has 7 aromatic rings. The first kappa shape index (κ1) is 17.8. The number of aromatic nitrogens is 2. The summed E-state index contributed by atoms with van der Waals surface area (Å²) in [5.41, 5.74) is 4.47. The van der Waals surface area contributed by atoms with Crippen LogP contribution in [0.4, 0.5) is 0 Å². The van der Waals surface area contributed by atoms with Crippen LogP contribution in [0.15, 0.2) is 115 Å². The Morgan fingerprint density at radius 3 is 2.02 bits per heavy atom. The van der Waals surface area contributed by atoms with Gasteiger partial charge in [0.05, 0.1) is 16.7 Å². The number of rotatable bonds is 3. The van der Waals surface area contributed by atoms with Crippen LogP contribution in [0, 0.1) is 0 Å². The lowest BCUT2D eigenvalue weighted by Gasteiger charge is -2.23. The van der Waals surface area contributed by atoms with Crippen molar-refractivity contribution in [1.82, 2.24) is 9.55 Å². The summed E-state index contributed by atoms with van der Waals surface area (Å²) < 4.78 is 54.5. The molecule has 2 nitrogen and oxygen atoms in total. The zero-order valence-electron chi connectivity index (χ0n) is 28.1. The zero-order chi connectivity index (χ0) is 32.0. The number of aryl methyl sites for hydroxylation is 1. The van der Waals surface area contributed by atoms with E-state index < -0.39 is 19.1 Å². The van der Waals surface area contributed by atoms with E-state index in [4.69, 9.17) is 13.2 Å². The van der Waals surface area contributed by atoms with Crippen molar-refractivity contribution >= 4 is 32.6 Å². The third-order valence-electron chi connectivity index (χ3n) is 8.41. The van der Waals surface area contributed by atoms with E-state index in [1.165, 1.54) is 0 Å². The molecule has 0 amide bonds. The molecule has 0 atom stereocenters. The Labute approximate surface area is 243 Å². The van der Waals surface area contributed by atoms with Gasteiger partial charge in [0, 0.05) is 30.8 Å². The first-order valence-corrected chi connectivity index (χ1v) is 13.7. The van der Waals surface area contributed by atoms with Gasteiger partial charge < -0.3 is 0 Å². The maximum atomic E-state index is 8.71. The van der Waals surface area contributed by atoms with Gasteiger partial charge in [0.1, 0.15) is 5.82 Å². The summed E-state index contributed by atoms with van der Waals surface area (Å²) in [6.07, 6.45) is 0.747. The monoisotopic (exact) mass is 520 g/mol. The quantitative estimate of drug-likeness (QED) is 0.212. The molecule has 0 spiro atoms. The molecular formula is C38H30N2. The maximum Gasteiger partial charge on any atom is 0.114 e. The lowest BCUT2D eigenvalue weighted by molar-refractivity contribution is 0.660. The summed E-state index contributed by atoms with van der Waals surface area (Å²) in [4.78, 5) is 4.98. The molecule has 8 rings (SSSR count). The lowest BCUT2D eigenvalue weighted by atomic mass is 9.81. The van der Waals surface area contributed by atoms with E-state index in [2.05, 4.69) is 41.8 Å². The molecule has 1 aliphatic carbocycles. The average Bonchev–Trinajstić information content (AvgIpc) is 3.57. The van der Waals surface area contributed by atoms with E-state index in [-0.39, 0.29) is 0 Å². The van der Waals surface area contributed by atoms with Crippen LogP contribution in [0.3, 0.4) is 0 Å². The van der Waals surface area contributed by atoms with Crippen molar-refractivity contribution < 1.29 is 8.22 Å². The third kappa shape index (κ3) is 3.08. The fraction of sp³-hybridized carbons (Fsp3) is 0.132. The highest BCUT2D eigenvalue weighted by Gasteiger charge is 2.35. The Bertz CT molecular complexity index is 2270. The number of imidazole rings is 1. The second-order valence-electron chi connectivity index (χ2n) is 10.6. The summed E-state index contributed by atoms with van der Waals surface area (Å²) in [6, 6.07) is 37.4. The number of nitrogens with zero attached hydrogens (tertiary/aromatic N) is 2. The maximum absolute atomic E-state index is 8.71. The van der Waals surface area contributed by atoms with E-state index in [9.17, 15) is 0 Å². The molecule has 192 valence electrons. The van der Waals surface area contributed by atoms with Gasteiger partial charge in [-0.05, 0) is 62.4 Å². The smallest absolute Gasteiger partial charge is 0.114 e. The van der Waals surface area contributed by atoms with Crippen LogP contribution >= 0.6 is 0 Å². The fourth-order valence-electron chi connectivity index (χ4n) is 6.65. The van der Waals surface area contributed by atoms with Crippen molar-refractivity contribution in [1.29, 1.82) is 0 Å². The van der Waals surface area contributed by atoms with Crippen molar-refractivity contribution in [2.24, 2.45) is 0 Å². The largest absolute Gasteiger partial charge is 0.295 e.